The van der Waals surface area contributed by atoms with Crippen LogP contribution >= 0.6 is 0 Å². The summed E-state index contributed by atoms with van der Waals surface area (Å²) in [6.07, 6.45) is 7.26. The Labute approximate surface area is 78.9 Å². The molecule has 0 amide bonds. The average molecular weight is 168 g/mol. The first-order valence-corrected chi connectivity index (χ1v) is 4.47. The molecule has 13 heavy (non-hydrogen) atoms. The summed E-state index contributed by atoms with van der Waals surface area (Å²) in [6, 6.07) is 10.4. The fourth-order valence-corrected chi connectivity index (χ4v) is 1.51. The zero-order valence-corrected chi connectivity index (χ0v) is 7.53. The molecule has 0 saturated carbocycles. The summed E-state index contributed by atoms with van der Waals surface area (Å²) in [6.45, 7) is 3.96. The summed E-state index contributed by atoms with van der Waals surface area (Å²) in [5.74, 6) is 0. The van der Waals surface area contributed by atoms with Crippen molar-refractivity contribution in [3.63, 3.8) is 0 Å². The molecule has 0 aromatic heterocycles. The van der Waals surface area contributed by atoms with Gasteiger partial charge in [-0.05, 0) is 17.6 Å². The van der Waals surface area contributed by atoms with Crippen LogP contribution in [-0.4, -0.2) is 0 Å². The number of hydrogen-bond donors (Lipinski definition) is 0. The molecule has 0 atom stereocenters. The first-order valence-electron chi connectivity index (χ1n) is 4.47. The van der Waals surface area contributed by atoms with Gasteiger partial charge in [0.15, 0.2) is 0 Å². The molecule has 0 N–H and O–H groups in total. The summed E-state index contributed by atoms with van der Waals surface area (Å²) in [5, 5.41) is 0. The number of hydrogen-bond acceptors (Lipinski definition) is 0. The Hall–Kier alpha value is -1.56. The van der Waals surface area contributed by atoms with Crippen molar-refractivity contribution in [1.82, 2.24) is 0 Å². The van der Waals surface area contributed by atoms with E-state index in [1.807, 2.05) is 6.07 Å². The van der Waals surface area contributed by atoms with Gasteiger partial charge >= 0.3 is 0 Å². The largest absolute Gasteiger partial charge is 0.0955 e. The highest BCUT2D eigenvalue weighted by Gasteiger charge is 2.03. The number of benzene rings is 1. The van der Waals surface area contributed by atoms with Gasteiger partial charge in [-0.1, -0.05) is 60.7 Å². The Morgan fingerprint density at radius 2 is 1.85 bits per heavy atom. The SMILES string of the molecule is C=C1C=CC=C(c2ccccc2)C1. The van der Waals surface area contributed by atoms with Gasteiger partial charge in [0.05, 0.1) is 0 Å². The standard InChI is InChI=1S/C13H12/c1-11-6-5-9-13(10-11)12-7-3-2-4-8-12/h2-9H,1,10H2. The van der Waals surface area contributed by atoms with Crippen LogP contribution in [0.2, 0.25) is 0 Å². The van der Waals surface area contributed by atoms with Crippen LogP contribution in [0.4, 0.5) is 0 Å². The molecule has 0 radical (unpaired) electrons. The first kappa shape index (κ1) is 8.06. The predicted octanol–water partition coefficient (Wildman–Crippen LogP) is 3.59. The van der Waals surface area contributed by atoms with E-state index < -0.39 is 0 Å². The van der Waals surface area contributed by atoms with E-state index >= 15 is 0 Å². The monoisotopic (exact) mass is 168 g/mol. The van der Waals surface area contributed by atoms with Gasteiger partial charge in [0.25, 0.3) is 0 Å². The Morgan fingerprint density at radius 3 is 2.54 bits per heavy atom. The predicted molar refractivity (Wildman–Crippen MR) is 57.3 cm³/mol. The third-order valence-corrected chi connectivity index (χ3v) is 2.19. The van der Waals surface area contributed by atoms with E-state index in [0.29, 0.717) is 0 Å². The zero-order valence-electron chi connectivity index (χ0n) is 7.53. The van der Waals surface area contributed by atoms with Gasteiger partial charge in [-0.25, -0.2) is 0 Å². The minimum atomic E-state index is 0.973. The molecule has 0 saturated heterocycles. The third kappa shape index (κ3) is 1.78. The van der Waals surface area contributed by atoms with Gasteiger partial charge in [-0.3, -0.25) is 0 Å². The summed E-state index contributed by atoms with van der Waals surface area (Å²) in [7, 11) is 0. The van der Waals surface area contributed by atoms with Crippen molar-refractivity contribution >= 4 is 5.57 Å². The minimum absolute atomic E-state index is 0.973. The second-order valence-corrected chi connectivity index (χ2v) is 3.25. The molecule has 0 fully saturated rings. The van der Waals surface area contributed by atoms with E-state index in [-0.39, 0.29) is 0 Å². The normalized spacial score (nSPS) is 15.7. The maximum absolute atomic E-state index is 3.96. The molecule has 0 heteroatoms. The number of allylic oxidation sites excluding steroid dienone is 5. The van der Waals surface area contributed by atoms with Crippen LogP contribution in [0, 0.1) is 0 Å². The zero-order chi connectivity index (χ0) is 9.10. The molecule has 0 nitrogen and oxygen atoms in total. The second kappa shape index (κ2) is 3.44. The van der Waals surface area contributed by atoms with Crippen molar-refractivity contribution in [2.75, 3.05) is 0 Å². The highest BCUT2D eigenvalue weighted by Crippen LogP contribution is 2.25. The van der Waals surface area contributed by atoms with E-state index in [1.54, 1.807) is 0 Å². The molecule has 2 rings (SSSR count). The molecule has 0 bridgehead atoms. The van der Waals surface area contributed by atoms with Crippen LogP contribution in [0.5, 0.6) is 0 Å². The van der Waals surface area contributed by atoms with Crippen LogP contribution in [0.3, 0.4) is 0 Å². The highest BCUT2D eigenvalue weighted by molar-refractivity contribution is 5.71. The van der Waals surface area contributed by atoms with Crippen molar-refractivity contribution in [2.45, 2.75) is 6.42 Å². The molecule has 1 aromatic carbocycles. The fourth-order valence-electron chi connectivity index (χ4n) is 1.51. The van der Waals surface area contributed by atoms with Gasteiger partial charge in [-0.15, -0.1) is 0 Å². The lowest BCUT2D eigenvalue weighted by Crippen LogP contribution is -1.89. The van der Waals surface area contributed by atoms with Gasteiger partial charge in [-0.2, -0.15) is 0 Å². The fraction of sp³-hybridized carbons (Fsp3) is 0.0769. The van der Waals surface area contributed by atoms with Crippen LogP contribution in [-0.2, 0) is 0 Å². The summed E-state index contributed by atoms with van der Waals surface area (Å²) in [5.41, 5.74) is 3.84. The molecule has 64 valence electrons. The molecular formula is C13H12. The Morgan fingerprint density at radius 1 is 1.08 bits per heavy atom. The maximum Gasteiger partial charge on any atom is -0.00257 e. The smallest absolute Gasteiger partial charge is 0.00257 e. The quantitative estimate of drug-likeness (QED) is 0.601. The van der Waals surface area contributed by atoms with E-state index in [2.05, 4.69) is 49.1 Å². The van der Waals surface area contributed by atoms with E-state index in [1.165, 1.54) is 16.7 Å². The lowest BCUT2D eigenvalue weighted by Gasteiger charge is -2.10. The van der Waals surface area contributed by atoms with Crippen LogP contribution in [0.15, 0.2) is 60.7 Å². The highest BCUT2D eigenvalue weighted by atomic mass is 14.1. The first-order chi connectivity index (χ1) is 6.36. The summed E-state index contributed by atoms with van der Waals surface area (Å²) < 4.78 is 0. The van der Waals surface area contributed by atoms with Crippen molar-refractivity contribution in [1.29, 1.82) is 0 Å². The summed E-state index contributed by atoms with van der Waals surface area (Å²) in [4.78, 5) is 0. The molecule has 1 aliphatic carbocycles. The van der Waals surface area contributed by atoms with Crippen molar-refractivity contribution in [3.05, 3.63) is 66.3 Å². The maximum atomic E-state index is 3.96. The number of rotatable bonds is 1. The van der Waals surface area contributed by atoms with E-state index in [4.69, 9.17) is 0 Å². The molecule has 0 aliphatic heterocycles. The van der Waals surface area contributed by atoms with Gasteiger partial charge in [0.1, 0.15) is 0 Å². The van der Waals surface area contributed by atoms with Crippen LogP contribution in [0.25, 0.3) is 5.57 Å². The van der Waals surface area contributed by atoms with Gasteiger partial charge in [0.2, 0.25) is 0 Å². The molecular weight excluding hydrogens is 156 g/mol. The molecule has 0 heterocycles. The Kier molecular flexibility index (Phi) is 2.13. The lowest BCUT2D eigenvalue weighted by atomic mass is 9.95. The minimum Gasteiger partial charge on any atom is -0.0955 e. The van der Waals surface area contributed by atoms with Gasteiger partial charge < -0.3 is 0 Å². The van der Waals surface area contributed by atoms with Crippen LogP contribution < -0.4 is 0 Å². The summed E-state index contributed by atoms with van der Waals surface area (Å²) >= 11 is 0. The van der Waals surface area contributed by atoms with Crippen molar-refractivity contribution < 1.29 is 0 Å². The van der Waals surface area contributed by atoms with Gasteiger partial charge in [0, 0.05) is 0 Å². The Balaban J connectivity index is 2.33. The lowest BCUT2D eigenvalue weighted by molar-refractivity contribution is 1.29. The van der Waals surface area contributed by atoms with Crippen molar-refractivity contribution in [3.8, 4) is 0 Å². The molecule has 1 aromatic rings. The average Bonchev–Trinajstić information content (AvgIpc) is 2.19. The second-order valence-electron chi connectivity index (χ2n) is 3.25. The molecule has 1 aliphatic rings. The van der Waals surface area contributed by atoms with Crippen molar-refractivity contribution in [2.24, 2.45) is 0 Å². The van der Waals surface area contributed by atoms with E-state index in [9.17, 15) is 0 Å². The third-order valence-electron chi connectivity index (χ3n) is 2.19. The molecule has 0 unspecified atom stereocenters. The van der Waals surface area contributed by atoms with E-state index in [0.717, 1.165) is 6.42 Å². The van der Waals surface area contributed by atoms with Crippen LogP contribution in [0.1, 0.15) is 12.0 Å². The Bertz CT molecular complexity index is 366. The molecule has 0 spiro atoms. The topological polar surface area (TPSA) is 0 Å².